The van der Waals surface area contributed by atoms with E-state index in [1.165, 1.54) is 23.5 Å². The maximum absolute atomic E-state index is 14.1. The fourth-order valence-electron chi connectivity index (χ4n) is 5.37. The van der Waals surface area contributed by atoms with Crippen LogP contribution in [0.4, 0.5) is 4.39 Å². The zero-order valence-electron chi connectivity index (χ0n) is 23.7. The average molecular weight is 574 g/mol. The minimum absolute atomic E-state index is 0.203. The smallest absolute Gasteiger partial charge is 0.338 e. The van der Waals surface area contributed by atoms with E-state index in [-0.39, 0.29) is 18.0 Å². The number of carbonyl (C=O) groups excluding carboxylic acids is 1. The Morgan fingerprint density at radius 1 is 1.12 bits per heavy atom. The van der Waals surface area contributed by atoms with Gasteiger partial charge in [0, 0.05) is 22.6 Å². The van der Waals surface area contributed by atoms with E-state index in [2.05, 4.69) is 0 Å². The largest absolute Gasteiger partial charge is 0.496 e. The van der Waals surface area contributed by atoms with Gasteiger partial charge in [-0.2, -0.15) is 0 Å². The number of methoxy groups -OCH3 is 1. The summed E-state index contributed by atoms with van der Waals surface area (Å²) in [4.78, 5) is 32.9. The molecule has 9 heteroatoms. The van der Waals surface area contributed by atoms with E-state index in [0.29, 0.717) is 38.3 Å². The number of aryl methyl sites for hydroxylation is 1. The molecule has 0 fully saturated rings. The van der Waals surface area contributed by atoms with Gasteiger partial charge in [0.1, 0.15) is 17.6 Å². The molecule has 0 saturated carbocycles. The maximum Gasteiger partial charge on any atom is 0.338 e. The van der Waals surface area contributed by atoms with Crippen molar-refractivity contribution in [3.05, 3.63) is 114 Å². The molecule has 1 unspecified atom stereocenters. The van der Waals surface area contributed by atoms with Gasteiger partial charge in [-0.3, -0.25) is 9.36 Å². The Kier molecular flexibility index (Phi) is 8.08. The van der Waals surface area contributed by atoms with E-state index in [4.69, 9.17) is 14.5 Å². The van der Waals surface area contributed by atoms with Gasteiger partial charge in [0.2, 0.25) is 0 Å². The van der Waals surface area contributed by atoms with Crippen molar-refractivity contribution in [1.29, 1.82) is 0 Å². The minimum atomic E-state index is -0.753. The van der Waals surface area contributed by atoms with Crippen LogP contribution in [0.2, 0.25) is 0 Å². The normalized spacial score (nSPS) is 15.1. The third kappa shape index (κ3) is 5.17. The Morgan fingerprint density at radius 3 is 2.54 bits per heavy atom. The molecule has 0 N–H and O–H groups in total. The Morgan fingerprint density at radius 2 is 1.85 bits per heavy atom. The third-order valence-electron chi connectivity index (χ3n) is 7.17. The van der Waals surface area contributed by atoms with Crippen LogP contribution in [-0.2, 0) is 9.53 Å². The molecule has 5 rings (SSSR count). The van der Waals surface area contributed by atoms with Gasteiger partial charge in [0.15, 0.2) is 4.80 Å². The number of hydrogen-bond acceptors (Lipinski definition) is 6. The van der Waals surface area contributed by atoms with Crippen LogP contribution in [0, 0.1) is 19.7 Å². The molecule has 1 atom stereocenters. The summed E-state index contributed by atoms with van der Waals surface area (Å²) in [5.41, 5.74) is 4.97. The topological polar surface area (TPSA) is 74.8 Å². The standard InChI is InChI=1S/C32H32FN3O4S/c1-6-10-25-28(31(38)40-7-2)29(24-11-8-9-12-26(24)39-5)36-30(37)27(41-32(36)34-25)18-21-17-19(3)35(20(21)4)23-15-13-22(33)14-16-23/h8-9,11-18,29H,6-7,10H2,1-5H3/b27-18+. The molecule has 2 aromatic carbocycles. The molecule has 4 aromatic rings. The maximum atomic E-state index is 14.1. The first kappa shape index (κ1) is 28.3. The van der Waals surface area contributed by atoms with E-state index < -0.39 is 12.0 Å². The number of thiazole rings is 1. The van der Waals surface area contributed by atoms with E-state index in [9.17, 15) is 14.0 Å². The Bertz CT molecular complexity index is 1830. The summed E-state index contributed by atoms with van der Waals surface area (Å²) in [6, 6.07) is 15.0. The molecule has 1 aliphatic heterocycles. The first-order valence-electron chi connectivity index (χ1n) is 13.6. The van der Waals surface area contributed by atoms with Crippen LogP contribution in [0.1, 0.15) is 55.2 Å². The summed E-state index contributed by atoms with van der Waals surface area (Å²) in [5, 5.41) is 0. The molecule has 41 heavy (non-hydrogen) atoms. The second-order valence-corrected chi connectivity index (χ2v) is 10.8. The number of ether oxygens (including phenoxy) is 2. The molecule has 2 aromatic heterocycles. The van der Waals surface area contributed by atoms with Gasteiger partial charge in [-0.15, -0.1) is 0 Å². The molecule has 0 spiro atoms. The molecular weight excluding hydrogens is 541 g/mol. The lowest BCUT2D eigenvalue weighted by Gasteiger charge is -2.26. The SMILES string of the molecule is CCCC1=C(C(=O)OCC)C(c2ccccc2OC)n2c(s/c(=C/c3cc(C)n(-c4ccc(F)cc4)c3C)c2=O)=N1. The van der Waals surface area contributed by atoms with E-state index in [1.807, 2.05) is 61.7 Å². The third-order valence-corrected chi connectivity index (χ3v) is 8.15. The molecular formula is C32H32FN3O4S. The summed E-state index contributed by atoms with van der Waals surface area (Å²) in [6.07, 6.45) is 3.19. The Labute approximate surface area is 241 Å². The van der Waals surface area contributed by atoms with Crippen LogP contribution < -0.4 is 19.6 Å². The van der Waals surface area contributed by atoms with Crippen molar-refractivity contribution in [2.75, 3.05) is 13.7 Å². The quantitative estimate of drug-likeness (QED) is 0.274. The molecule has 7 nitrogen and oxygen atoms in total. The molecule has 212 valence electrons. The number of rotatable bonds is 8. The van der Waals surface area contributed by atoms with Crippen molar-refractivity contribution in [1.82, 2.24) is 9.13 Å². The lowest BCUT2D eigenvalue weighted by atomic mass is 9.93. The number of fused-ring (bicyclic) bond motifs is 1. The van der Waals surface area contributed by atoms with Crippen molar-refractivity contribution < 1.29 is 18.7 Å². The van der Waals surface area contributed by atoms with Crippen molar-refractivity contribution in [3.63, 3.8) is 0 Å². The van der Waals surface area contributed by atoms with Crippen LogP contribution in [0.15, 0.2) is 75.7 Å². The molecule has 1 aliphatic rings. The average Bonchev–Trinajstić information content (AvgIpc) is 3.42. The summed E-state index contributed by atoms with van der Waals surface area (Å²) >= 11 is 1.29. The highest BCUT2D eigenvalue weighted by Crippen LogP contribution is 2.36. The van der Waals surface area contributed by atoms with Crippen LogP contribution in [0.25, 0.3) is 11.8 Å². The number of halogens is 1. The Balaban J connectivity index is 1.74. The van der Waals surface area contributed by atoms with Gasteiger partial charge in [-0.1, -0.05) is 42.9 Å². The first-order valence-corrected chi connectivity index (χ1v) is 14.4. The number of hydrogen-bond donors (Lipinski definition) is 0. The van der Waals surface area contributed by atoms with Crippen LogP contribution in [0.5, 0.6) is 5.75 Å². The lowest BCUT2D eigenvalue weighted by molar-refractivity contribution is -0.139. The van der Waals surface area contributed by atoms with Gasteiger partial charge in [-0.25, -0.2) is 14.2 Å². The molecule has 0 saturated heterocycles. The summed E-state index contributed by atoms with van der Waals surface area (Å²) in [5.74, 6) is -0.228. The van der Waals surface area contributed by atoms with Gasteiger partial charge < -0.3 is 14.0 Å². The monoisotopic (exact) mass is 573 g/mol. The highest BCUT2D eigenvalue weighted by Gasteiger charge is 2.35. The fraction of sp³-hybridized carbons (Fsp3) is 0.281. The minimum Gasteiger partial charge on any atom is -0.496 e. The fourth-order valence-corrected chi connectivity index (χ4v) is 6.38. The Hall–Kier alpha value is -4.24. The second-order valence-electron chi connectivity index (χ2n) is 9.79. The zero-order chi connectivity index (χ0) is 29.3. The number of benzene rings is 2. The highest BCUT2D eigenvalue weighted by molar-refractivity contribution is 7.07. The molecule has 0 bridgehead atoms. The predicted molar refractivity (Wildman–Crippen MR) is 158 cm³/mol. The number of esters is 1. The number of allylic oxidation sites excluding steroid dienone is 1. The summed E-state index contributed by atoms with van der Waals surface area (Å²) in [6.45, 7) is 7.92. The molecule has 0 amide bonds. The van der Waals surface area contributed by atoms with Gasteiger partial charge >= 0.3 is 5.97 Å². The van der Waals surface area contributed by atoms with Crippen molar-refractivity contribution in [2.24, 2.45) is 4.99 Å². The van der Waals surface area contributed by atoms with Crippen LogP contribution in [0.3, 0.4) is 0 Å². The van der Waals surface area contributed by atoms with E-state index >= 15 is 0 Å². The van der Waals surface area contributed by atoms with Crippen molar-refractivity contribution >= 4 is 23.4 Å². The van der Waals surface area contributed by atoms with Crippen molar-refractivity contribution in [3.8, 4) is 11.4 Å². The lowest BCUT2D eigenvalue weighted by Crippen LogP contribution is -2.40. The second kappa shape index (κ2) is 11.7. The number of aromatic nitrogens is 2. The molecule has 0 aliphatic carbocycles. The van der Waals surface area contributed by atoms with E-state index in [0.717, 1.165) is 29.1 Å². The number of nitrogens with zero attached hydrogens (tertiary/aromatic N) is 3. The van der Waals surface area contributed by atoms with E-state index in [1.54, 1.807) is 30.7 Å². The molecule has 0 radical (unpaired) electrons. The highest BCUT2D eigenvalue weighted by atomic mass is 32.1. The first-order chi connectivity index (χ1) is 19.8. The summed E-state index contributed by atoms with van der Waals surface area (Å²) < 4.78 is 28.8. The number of para-hydroxylation sites is 1. The molecule has 3 heterocycles. The van der Waals surface area contributed by atoms with Gasteiger partial charge in [0.25, 0.3) is 5.56 Å². The van der Waals surface area contributed by atoms with Crippen LogP contribution in [-0.4, -0.2) is 28.8 Å². The predicted octanol–water partition coefficient (Wildman–Crippen LogP) is 5.13. The van der Waals surface area contributed by atoms with Gasteiger partial charge in [0.05, 0.1) is 29.5 Å². The zero-order valence-corrected chi connectivity index (χ0v) is 24.5. The summed E-state index contributed by atoms with van der Waals surface area (Å²) in [7, 11) is 1.57. The van der Waals surface area contributed by atoms with Crippen molar-refractivity contribution in [2.45, 2.75) is 46.6 Å². The number of carbonyl (C=O) groups is 1. The van der Waals surface area contributed by atoms with Gasteiger partial charge in [-0.05, 0) is 75.2 Å². The van der Waals surface area contributed by atoms with Crippen LogP contribution >= 0.6 is 11.3 Å².